The summed E-state index contributed by atoms with van der Waals surface area (Å²) in [5, 5.41) is 3.13. The highest BCUT2D eigenvalue weighted by Gasteiger charge is 2.37. The third-order valence-electron chi connectivity index (χ3n) is 6.56. The molecule has 2 aromatic rings. The van der Waals surface area contributed by atoms with Crippen LogP contribution in [0, 0.1) is 0 Å². The van der Waals surface area contributed by atoms with Crippen LogP contribution >= 0.6 is 0 Å². The molecule has 7 heteroatoms. The molecular weight excluding hydrogens is 390 g/mol. The lowest BCUT2D eigenvalue weighted by Gasteiger charge is -2.36. The predicted molar refractivity (Wildman–Crippen MR) is 119 cm³/mol. The summed E-state index contributed by atoms with van der Waals surface area (Å²) in [6.07, 6.45) is 5.33. The van der Waals surface area contributed by atoms with Crippen LogP contribution in [-0.2, 0) is 17.8 Å². The molecule has 1 aromatic heterocycles. The van der Waals surface area contributed by atoms with Gasteiger partial charge in [-0.2, -0.15) is 0 Å². The van der Waals surface area contributed by atoms with E-state index in [0.29, 0.717) is 17.7 Å². The molecule has 7 nitrogen and oxygen atoms in total. The molecule has 1 aromatic carbocycles. The van der Waals surface area contributed by atoms with Crippen molar-refractivity contribution in [2.45, 2.75) is 64.1 Å². The van der Waals surface area contributed by atoms with Crippen molar-refractivity contribution >= 4 is 17.8 Å². The Kier molecular flexibility index (Phi) is 5.76. The maximum absolute atomic E-state index is 12.9. The van der Waals surface area contributed by atoms with E-state index in [2.05, 4.69) is 27.4 Å². The molecule has 162 valence electrons. The number of pyridine rings is 1. The lowest BCUT2D eigenvalue weighted by Crippen LogP contribution is -2.50. The number of fused-ring (bicyclic) bond motifs is 1. The van der Waals surface area contributed by atoms with Crippen LogP contribution in [0.1, 0.15) is 72.8 Å². The van der Waals surface area contributed by atoms with E-state index in [1.54, 1.807) is 18.3 Å². The number of hydrogen-bond donors (Lipinski definition) is 2. The van der Waals surface area contributed by atoms with Crippen LogP contribution in [0.3, 0.4) is 0 Å². The summed E-state index contributed by atoms with van der Waals surface area (Å²) < 4.78 is 0. The number of carbonyl (C=O) groups excluding carboxylic acids is 2. The minimum absolute atomic E-state index is 0.0166. The second-order valence-corrected chi connectivity index (χ2v) is 8.36. The largest absolute Gasteiger partial charge is 0.369 e. The van der Waals surface area contributed by atoms with Gasteiger partial charge in [0.25, 0.3) is 5.91 Å². The number of guanidine groups is 1. The summed E-state index contributed by atoms with van der Waals surface area (Å²) in [5.74, 6) is 0.0162. The predicted octanol–water partition coefficient (Wildman–Crippen LogP) is 3.10. The Morgan fingerprint density at radius 3 is 2.77 bits per heavy atom. The number of nitrogens with zero attached hydrogens (tertiary/aromatic N) is 3. The van der Waals surface area contributed by atoms with Crippen LogP contribution in [0.25, 0.3) is 0 Å². The van der Waals surface area contributed by atoms with Crippen LogP contribution in [0.15, 0.2) is 47.6 Å². The van der Waals surface area contributed by atoms with E-state index in [0.717, 1.165) is 25.7 Å². The van der Waals surface area contributed by atoms with Gasteiger partial charge in [-0.3, -0.25) is 19.5 Å². The third-order valence-corrected chi connectivity index (χ3v) is 6.56. The maximum Gasteiger partial charge on any atom is 0.251 e. The van der Waals surface area contributed by atoms with Crippen LogP contribution in [0.4, 0.5) is 0 Å². The van der Waals surface area contributed by atoms with Crippen molar-refractivity contribution in [3.63, 3.8) is 0 Å². The molecule has 0 unspecified atom stereocenters. The van der Waals surface area contributed by atoms with E-state index < -0.39 is 5.54 Å². The van der Waals surface area contributed by atoms with Gasteiger partial charge in [0.1, 0.15) is 0 Å². The Bertz CT molecular complexity index is 1030. The van der Waals surface area contributed by atoms with E-state index in [1.807, 2.05) is 26.0 Å². The average molecular weight is 420 g/mol. The second kappa shape index (κ2) is 8.49. The number of benzene rings is 1. The van der Waals surface area contributed by atoms with Gasteiger partial charge < -0.3 is 11.1 Å². The van der Waals surface area contributed by atoms with Crippen molar-refractivity contribution in [3.05, 3.63) is 65.0 Å². The molecule has 1 aliphatic heterocycles. The van der Waals surface area contributed by atoms with Crippen molar-refractivity contribution in [2.24, 2.45) is 10.7 Å². The average Bonchev–Trinajstić information content (AvgIpc) is 3.19. The van der Waals surface area contributed by atoms with E-state index in [-0.39, 0.29) is 30.4 Å². The summed E-state index contributed by atoms with van der Waals surface area (Å²) >= 11 is 0. The summed E-state index contributed by atoms with van der Waals surface area (Å²) in [5.41, 5.74) is 9.33. The number of aromatic nitrogens is 1. The summed E-state index contributed by atoms with van der Waals surface area (Å²) in [7, 11) is 0. The molecule has 2 aliphatic rings. The molecule has 0 saturated heterocycles. The third kappa shape index (κ3) is 4.17. The molecule has 2 amide bonds. The fourth-order valence-electron chi connectivity index (χ4n) is 4.49. The van der Waals surface area contributed by atoms with Crippen LogP contribution in [-0.4, -0.2) is 33.2 Å². The Labute approximate surface area is 182 Å². The van der Waals surface area contributed by atoms with Crippen molar-refractivity contribution in [3.8, 4) is 0 Å². The number of nitrogens with two attached hydrogens (primary N) is 1. The molecule has 0 bridgehead atoms. The zero-order chi connectivity index (χ0) is 22.0. The number of aliphatic imine (C=N–C) groups is 1. The second-order valence-electron chi connectivity index (χ2n) is 8.36. The first-order chi connectivity index (χ1) is 14.9. The quantitative estimate of drug-likeness (QED) is 0.751. The lowest BCUT2D eigenvalue weighted by atomic mass is 9.88. The van der Waals surface area contributed by atoms with Crippen molar-refractivity contribution < 1.29 is 9.59 Å². The van der Waals surface area contributed by atoms with Gasteiger partial charge in [0.05, 0.1) is 30.2 Å². The molecule has 0 radical (unpaired) electrons. The van der Waals surface area contributed by atoms with Gasteiger partial charge in [-0.05, 0) is 48.9 Å². The Balaban J connectivity index is 1.48. The van der Waals surface area contributed by atoms with Gasteiger partial charge in [-0.25, -0.2) is 4.99 Å². The molecule has 2 heterocycles. The van der Waals surface area contributed by atoms with Crippen molar-refractivity contribution in [1.82, 2.24) is 15.2 Å². The van der Waals surface area contributed by atoms with Crippen LogP contribution in [0.2, 0.25) is 0 Å². The Morgan fingerprint density at radius 2 is 2.03 bits per heavy atom. The van der Waals surface area contributed by atoms with Gasteiger partial charge in [0.2, 0.25) is 5.91 Å². The molecular formula is C24H29N5O2. The topological polar surface area (TPSA) is 101 Å². The maximum atomic E-state index is 12.9. The van der Waals surface area contributed by atoms with Crippen LogP contribution < -0.4 is 11.1 Å². The molecule has 0 saturated carbocycles. The molecule has 1 atom stereocenters. The normalized spacial score (nSPS) is 19.7. The first-order valence-electron chi connectivity index (χ1n) is 10.9. The van der Waals surface area contributed by atoms with Gasteiger partial charge in [0.15, 0.2) is 5.96 Å². The Morgan fingerprint density at radius 1 is 1.26 bits per heavy atom. The number of amides is 2. The fraction of sp³-hybridized carbons (Fsp3) is 0.417. The molecule has 1 aliphatic carbocycles. The first kappa shape index (κ1) is 21.0. The molecule has 3 N–H and O–H groups in total. The Hall–Kier alpha value is -3.22. The van der Waals surface area contributed by atoms with Gasteiger partial charge >= 0.3 is 0 Å². The highest BCUT2D eigenvalue weighted by atomic mass is 16.2. The molecule has 0 spiro atoms. The highest BCUT2D eigenvalue weighted by molar-refractivity contribution is 5.99. The first-order valence-corrected chi connectivity index (χ1v) is 10.9. The zero-order valence-corrected chi connectivity index (χ0v) is 18.1. The van der Waals surface area contributed by atoms with Gasteiger partial charge in [0, 0.05) is 11.8 Å². The number of carbonyl (C=O) groups is 2. The lowest BCUT2D eigenvalue weighted by molar-refractivity contribution is -0.130. The standard InChI is InChI=1S/C24H29N5O2/c1-3-24(4-2)14-21(30)29(23(25)28-24)15-18-13-17(11-12-26-18)22(31)27-20-10-9-16-7-5-6-8-19(16)20/h5-8,11-13,20H,3-4,9-10,14-15H2,1-2H3,(H2,25,28)(H,27,31)/t20-/m0/s1. The fourth-order valence-corrected chi connectivity index (χ4v) is 4.49. The van der Waals surface area contributed by atoms with Crippen molar-refractivity contribution in [2.75, 3.05) is 0 Å². The number of nitrogens with one attached hydrogen (secondary N) is 1. The smallest absolute Gasteiger partial charge is 0.251 e. The minimum atomic E-state index is -0.412. The van der Waals surface area contributed by atoms with E-state index in [9.17, 15) is 9.59 Å². The zero-order valence-electron chi connectivity index (χ0n) is 18.1. The van der Waals surface area contributed by atoms with Gasteiger partial charge in [-0.1, -0.05) is 38.1 Å². The molecule has 4 rings (SSSR count). The van der Waals surface area contributed by atoms with E-state index in [4.69, 9.17) is 5.73 Å². The SMILES string of the molecule is CCC1(CC)CC(=O)N(Cc2cc(C(=O)N[C@H]3CCc4ccccc43)ccn2)C(N)=N1. The highest BCUT2D eigenvalue weighted by Crippen LogP contribution is 2.31. The monoisotopic (exact) mass is 419 g/mol. The summed E-state index contributed by atoms with van der Waals surface area (Å²) in [6, 6.07) is 11.6. The van der Waals surface area contributed by atoms with E-state index in [1.165, 1.54) is 16.0 Å². The summed E-state index contributed by atoms with van der Waals surface area (Å²) in [6.45, 7) is 4.25. The van der Waals surface area contributed by atoms with Gasteiger partial charge in [-0.15, -0.1) is 0 Å². The summed E-state index contributed by atoms with van der Waals surface area (Å²) in [4.78, 5) is 36.1. The van der Waals surface area contributed by atoms with E-state index >= 15 is 0 Å². The molecule has 31 heavy (non-hydrogen) atoms. The van der Waals surface area contributed by atoms with Crippen LogP contribution in [0.5, 0.6) is 0 Å². The number of hydrogen-bond acceptors (Lipinski definition) is 5. The number of aryl methyl sites for hydroxylation is 1. The minimum Gasteiger partial charge on any atom is -0.369 e. The van der Waals surface area contributed by atoms with Crippen molar-refractivity contribution in [1.29, 1.82) is 0 Å². The molecule has 0 fully saturated rings. The number of rotatable bonds is 6.